The summed E-state index contributed by atoms with van der Waals surface area (Å²) in [6, 6.07) is 9.57. The van der Waals surface area contributed by atoms with Crippen LogP contribution in [0.2, 0.25) is 0 Å². The fourth-order valence-electron chi connectivity index (χ4n) is 1.08. The molecule has 5 N–H and O–H groups in total. The van der Waals surface area contributed by atoms with Gasteiger partial charge in [0.2, 0.25) is 0 Å². The van der Waals surface area contributed by atoms with Gasteiger partial charge in [0.15, 0.2) is 0 Å². The van der Waals surface area contributed by atoms with Gasteiger partial charge < -0.3 is 20.8 Å². The van der Waals surface area contributed by atoms with Crippen molar-refractivity contribution in [1.82, 2.24) is 5.32 Å². The molecule has 1 aromatic carbocycles. The minimum atomic E-state index is -4.16. The third-order valence-corrected chi connectivity index (χ3v) is 3.00. The second-order valence-corrected chi connectivity index (χ2v) is 5.11. The molecule has 0 saturated heterocycles. The second-order valence-electron chi connectivity index (χ2n) is 3.27. The highest BCUT2D eigenvalue weighted by atomic mass is 31.2. The molecule has 0 bridgehead atoms. The second kappa shape index (κ2) is 5.39. The predicted octanol–water partition coefficient (Wildman–Crippen LogP) is 0.239. The van der Waals surface area contributed by atoms with Crippen LogP contribution in [-0.4, -0.2) is 22.1 Å². The van der Waals surface area contributed by atoms with Crippen LogP contribution in [-0.2, 0) is 11.1 Å². The van der Waals surface area contributed by atoms with Gasteiger partial charge in [-0.2, -0.15) is 0 Å². The van der Waals surface area contributed by atoms with Crippen LogP contribution >= 0.6 is 7.60 Å². The maximum absolute atomic E-state index is 10.7. The van der Waals surface area contributed by atoms with Crippen molar-refractivity contribution >= 4 is 7.60 Å². The normalized spacial score (nSPS) is 13.8. The van der Waals surface area contributed by atoms with Crippen molar-refractivity contribution in [3.8, 4) is 0 Å². The van der Waals surface area contributed by atoms with Gasteiger partial charge >= 0.3 is 7.60 Å². The molecule has 0 heterocycles. The highest BCUT2D eigenvalue weighted by molar-refractivity contribution is 7.52. The van der Waals surface area contributed by atoms with Crippen molar-refractivity contribution in [2.45, 2.75) is 12.3 Å². The minimum absolute atomic E-state index is 0.0964. The van der Waals surface area contributed by atoms with E-state index in [4.69, 9.17) is 15.5 Å². The summed E-state index contributed by atoms with van der Waals surface area (Å²) in [4.78, 5) is 17.5. The quantitative estimate of drug-likeness (QED) is 0.543. The molecule has 0 fully saturated rings. The Balaban J connectivity index is 2.31. The highest BCUT2D eigenvalue weighted by Gasteiger charge is 2.23. The average molecular weight is 230 g/mol. The summed E-state index contributed by atoms with van der Waals surface area (Å²) in [5.41, 5.74) is 6.34. The van der Waals surface area contributed by atoms with Gasteiger partial charge in [0.25, 0.3) is 0 Å². The molecule has 15 heavy (non-hydrogen) atoms. The Labute approximate surface area is 88.5 Å². The minimum Gasteiger partial charge on any atom is -0.323 e. The van der Waals surface area contributed by atoms with Crippen LogP contribution in [0, 0.1) is 0 Å². The molecule has 0 aliphatic rings. The Morgan fingerprint density at radius 3 is 2.47 bits per heavy atom. The van der Waals surface area contributed by atoms with Gasteiger partial charge in [-0.05, 0) is 5.56 Å². The lowest BCUT2D eigenvalue weighted by molar-refractivity contribution is 0.355. The van der Waals surface area contributed by atoms with Crippen LogP contribution in [0.4, 0.5) is 0 Å². The van der Waals surface area contributed by atoms with Crippen LogP contribution in [0.15, 0.2) is 30.3 Å². The smallest absolute Gasteiger partial charge is 0.323 e. The van der Waals surface area contributed by atoms with Crippen LogP contribution < -0.4 is 11.1 Å². The third kappa shape index (κ3) is 4.55. The SMILES string of the molecule is N[C@@H](CNCc1ccccc1)P(=O)(O)O. The topological polar surface area (TPSA) is 95.6 Å². The number of rotatable bonds is 5. The summed E-state index contributed by atoms with van der Waals surface area (Å²) < 4.78 is 10.7. The van der Waals surface area contributed by atoms with Crippen LogP contribution in [0.25, 0.3) is 0 Å². The van der Waals surface area contributed by atoms with E-state index in [1.807, 2.05) is 30.3 Å². The van der Waals surface area contributed by atoms with Gasteiger partial charge in [0.05, 0.1) is 0 Å². The lowest BCUT2D eigenvalue weighted by Crippen LogP contribution is -2.33. The first-order valence-electron chi connectivity index (χ1n) is 4.55. The first-order chi connectivity index (χ1) is 7.00. The van der Waals surface area contributed by atoms with E-state index in [0.29, 0.717) is 6.54 Å². The lowest BCUT2D eigenvalue weighted by Gasteiger charge is -2.13. The number of nitrogens with two attached hydrogens (primary N) is 1. The fraction of sp³-hybridized carbons (Fsp3) is 0.333. The summed E-state index contributed by atoms with van der Waals surface area (Å²) in [6.07, 6.45) is 0. The van der Waals surface area contributed by atoms with Gasteiger partial charge in [0, 0.05) is 13.1 Å². The summed E-state index contributed by atoms with van der Waals surface area (Å²) in [6.45, 7) is 0.647. The molecule has 0 amide bonds. The van der Waals surface area contributed by atoms with Gasteiger partial charge in [-0.25, -0.2) is 0 Å². The number of hydrogen-bond acceptors (Lipinski definition) is 3. The van der Waals surface area contributed by atoms with Crippen molar-refractivity contribution in [3.63, 3.8) is 0 Å². The third-order valence-electron chi connectivity index (χ3n) is 1.96. The van der Waals surface area contributed by atoms with Gasteiger partial charge in [0.1, 0.15) is 5.78 Å². The Morgan fingerprint density at radius 1 is 1.33 bits per heavy atom. The monoisotopic (exact) mass is 230 g/mol. The zero-order chi connectivity index (χ0) is 11.3. The molecule has 84 valence electrons. The first kappa shape index (κ1) is 12.4. The Bertz CT molecular complexity index is 338. The highest BCUT2D eigenvalue weighted by Crippen LogP contribution is 2.37. The molecule has 0 saturated carbocycles. The molecular weight excluding hydrogens is 215 g/mol. The molecule has 1 atom stereocenters. The zero-order valence-corrected chi connectivity index (χ0v) is 9.10. The Kier molecular flexibility index (Phi) is 4.45. The molecule has 5 nitrogen and oxygen atoms in total. The van der Waals surface area contributed by atoms with Crippen LogP contribution in [0.5, 0.6) is 0 Å². The average Bonchev–Trinajstić information content (AvgIpc) is 2.18. The molecule has 1 rings (SSSR count). The molecule has 0 aromatic heterocycles. The molecule has 0 spiro atoms. The number of hydrogen-bond donors (Lipinski definition) is 4. The Morgan fingerprint density at radius 2 is 1.93 bits per heavy atom. The number of benzene rings is 1. The maximum atomic E-state index is 10.7. The van der Waals surface area contributed by atoms with Crippen LogP contribution in [0.3, 0.4) is 0 Å². The van der Waals surface area contributed by atoms with E-state index < -0.39 is 13.4 Å². The van der Waals surface area contributed by atoms with E-state index in [2.05, 4.69) is 5.32 Å². The molecule has 0 radical (unpaired) electrons. The van der Waals surface area contributed by atoms with Crippen LogP contribution in [0.1, 0.15) is 5.56 Å². The summed E-state index contributed by atoms with van der Waals surface area (Å²) in [5, 5.41) is 2.89. The first-order valence-corrected chi connectivity index (χ1v) is 6.24. The zero-order valence-electron chi connectivity index (χ0n) is 8.21. The van der Waals surface area contributed by atoms with Gasteiger partial charge in [-0.15, -0.1) is 0 Å². The largest absolute Gasteiger partial charge is 0.343 e. The van der Waals surface area contributed by atoms with E-state index in [0.717, 1.165) is 5.56 Å². The predicted molar refractivity (Wildman–Crippen MR) is 58.2 cm³/mol. The molecule has 0 aliphatic carbocycles. The maximum Gasteiger partial charge on any atom is 0.343 e. The van der Waals surface area contributed by atoms with E-state index in [9.17, 15) is 4.57 Å². The molecule has 1 aromatic rings. The van der Waals surface area contributed by atoms with Crippen molar-refractivity contribution in [3.05, 3.63) is 35.9 Å². The molecule has 0 aliphatic heterocycles. The number of nitrogens with one attached hydrogen (secondary N) is 1. The van der Waals surface area contributed by atoms with E-state index in [-0.39, 0.29) is 6.54 Å². The summed E-state index contributed by atoms with van der Waals surface area (Å²) >= 11 is 0. The summed E-state index contributed by atoms with van der Waals surface area (Å²) in [5.74, 6) is -1.14. The van der Waals surface area contributed by atoms with Crippen molar-refractivity contribution < 1.29 is 14.4 Å². The molecular formula is C9H15N2O3P. The van der Waals surface area contributed by atoms with E-state index >= 15 is 0 Å². The summed E-state index contributed by atoms with van der Waals surface area (Å²) in [7, 11) is -4.16. The fourth-order valence-corrected chi connectivity index (χ4v) is 1.45. The van der Waals surface area contributed by atoms with Crippen molar-refractivity contribution in [1.29, 1.82) is 0 Å². The Hall–Kier alpha value is -0.710. The van der Waals surface area contributed by atoms with Crippen molar-refractivity contribution in [2.75, 3.05) is 6.54 Å². The van der Waals surface area contributed by atoms with E-state index in [1.165, 1.54) is 0 Å². The van der Waals surface area contributed by atoms with E-state index in [1.54, 1.807) is 0 Å². The lowest BCUT2D eigenvalue weighted by atomic mass is 10.2. The molecule has 0 unspecified atom stereocenters. The van der Waals surface area contributed by atoms with Crippen molar-refractivity contribution in [2.24, 2.45) is 5.73 Å². The standard InChI is InChI=1S/C9H15N2O3P/c10-9(15(12,13)14)7-11-6-8-4-2-1-3-5-8/h1-5,9,11H,6-7,10H2,(H2,12,13,14)/t9-/m1/s1. The van der Waals surface area contributed by atoms with Gasteiger partial charge in [-0.3, -0.25) is 4.57 Å². The molecule has 6 heteroatoms. The van der Waals surface area contributed by atoms with Gasteiger partial charge in [-0.1, -0.05) is 30.3 Å².